The first kappa shape index (κ1) is 30.9. The summed E-state index contributed by atoms with van der Waals surface area (Å²) in [5, 5.41) is 10.6. The molecule has 3 aromatic heterocycles. The third-order valence-corrected chi connectivity index (χ3v) is 6.70. The van der Waals surface area contributed by atoms with E-state index >= 15 is 0 Å². The van der Waals surface area contributed by atoms with Crippen LogP contribution < -0.4 is 26.8 Å². The first-order valence-corrected chi connectivity index (χ1v) is 13.7. The lowest BCUT2D eigenvalue weighted by molar-refractivity contribution is -0.117. The number of likely N-dealkylation sites (tertiary alicyclic amines) is 1. The van der Waals surface area contributed by atoms with Gasteiger partial charge in [-0.2, -0.15) is 4.99 Å². The highest BCUT2D eigenvalue weighted by Gasteiger charge is 2.26. The van der Waals surface area contributed by atoms with Crippen LogP contribution >= 0.6 is 0 Å². The largest absolute Gasteiger partial charge is 0.471 e. The van der Waals surface area contributed by atoms with Crippen LogP contribution in [-0.4, -0.2) is 82.9 Å². The molecular formula is C29H36N10O4. The second-order valence-electron chi connectivity index (χ2n) is 9.74. The number of aromatic nitrogens is 4. The summed E-state index contributed by atoms with van der Waals surface area (Å²) in [5.74, 6) is 0.769. The number of amidine groups is 1. The zero-order valence-electron chi connectivity index (χ0n) is 24.5. The number of H-pyrrole nitrogens is 1. The predicted octanol–water partition coefficient (Wildman–Crippen LogP) is 2.51. The number of hydrogen-bond acceptors (Lipinski definition) is 11. The fraction of sp³-hybridized carbons (Fsp3) is 0.310. The second kappa shape index (κ2) is 14.2. The summed E-state index contributed by atoms with van der Waals surface area (Å²) in [6.07, 6.45) is 6.44. The predicted molar refractivity (Wildman–Crippen MR) is 164 cm³/mol. The van der Waals surface area contributed by atoms with Crippen molar-refractivity contribution >= 4 is 40.6 Å². The number of nitrogens with two attached hydrogens (primary N) is 2. The molecule has 0 saturated carbocycles. The maximum absolute atomic E-state index is 13.0. The van der Waals surface area contributed by atoms with Crippen LogP contribution in [0.3, 0.4) is 0 Å². The fourth-order valence-corrected chi connectivity index (χ4v) is 4.64. The minimum absolute atomic E-state index is 0.108. The van der Waals surface area contributed by atoms with Crippen molar-refractivity contribution in [2.24, 2.45) is 16.5 Å². The number of para-hydroxylation sites is 1. The van der Waals surface area contributed by atoms with Crippen LogP contribution in [0.1, 0.15) is 29.5 Å². The van der Waals surface area contributed by atoms with Gasteiger partial charge in [-0.25, -0.2) is 9.97 Å². The van der Waals surface area contributed by atoms with E-state index in [4.69, 9.17) is 15.0 Å². The number of fused-ring (bicyclic) bond motifs is 1. The zero-order valence-corrected chi connectivity index (χ0v) is 24.5. The Morgan fingerprint density at radius 3 is 2.91 bits per heavy atom. The number of aldehydes is 1. The number of rotatable bonds is 10. The molecule has 1 amide bonds. The Hall–Kier alpha value is -5.08. The molecule has 226 valence electrons. The van der Waals surface area contributed by atoms with Gasteiger partial charge in [-0.15, -0.1) is 0 Å². The third-order valence-electron chi connectivity index (χ3n) is 6.70. The van der Waals surface area contributed by atoms with Crippen LogP contribution in [-0.2, 0) is 4.79 Å². The summed E-state index contributed by atoms with van der Waals surface area (Å²) in [6, 6.07) is 7.16. The van der Waals surface area contributed by atoms with Crippen LogP contribution in [0.5, 0.6) is 5.88 Å². The van der Waals surface area contributed by atoms with Crippen molar-refractivity contribution in [3.05, 3.63) is 59.8 Å². The minimum atomic E-state index is -0.147. The number of anilines is 1. The van der Waals surface area contributed by atoms with Gasteiger partial charge in [0.1, 0.15) is 11.9 Å². The van der Waals surface area contributed by atoms with E-state index in [1.165, 1.54) is 13.1 Å². The topological polar surface area (TPSA) is 203 Å². The Morgan fingerprint density at radius 1 is 1.35 bits per heavy atom. The number of benzene rings is 1. The Labute approximate surface area is 248 Å². The standard InChI is InChI=1S/C28H31N9O4.CH5N/c1-16-11-32-28(34-23(29)9-17(2)30-3)35-26(16)21-12-31-27-20(21)5-4-6-22(27)33-24(39)14-37-8-7-18(13-37)40-25-10-19(15-38)41-36-25;1-2/h4-6,9-12,15,18,30-31H,7-8,13-14H2,1-3H3,(H,33,39)(H2,29,32,34,35);2H2,1H3/b17-9-;. The smallest absolute Gasteiger partial charge is 0.255 e. The lowest BCUT2D eigenvalue weighted by Gasteiger charge is -2.16. The van der Waals surface area contributed by atoms with Gasteiger partial charge in [0.15, 0.2) is 6.29 Å². The van der Waals surface area contributed by atoms with Crippen molar-refractivity contribution in [3.63, 3.8) is 0 Å². The summed E-state index contributed by atoms with van der Waals surface area (Å²) in [5.41, 5.74) is 15.3. The van der Waals surface area contributed by atoms with Gasteiger partial charge in [-0.3, -0.25) is 14.5 Å². The number of aliphatic imine (C=N–C) groups is 1. The van der Waals surface area contributed by atoms with Crippen LogP contribution in [0.25, 0.3) is 22.2 Å². The molecule has 1 atom stereocenters. The molecule has 0 spiro atoms. The molecule has 1 aliphatic rings. The fourth-order valence-electron chi connectivity index (χ4n) is 4.64. The molecule has 0 radical (unpaired) electrons. The third kappa shape index (κ3) is 7.61. The van der Waals surface area contributed by atoms with Crippen LogP contribution in [0.4, 0.5) is 11.6 Å². The van der Waals surface area contributed by atoms with Crippen LogP contribution in [0.15, 0.2) is 57.9 Å². The van der Waals surface area contributed by atoms with Crippen LogP contribution in [0.2, 0.25) is 0 Å². The monoisotopic (exact) mass is 588 g/mol. The number of hydrogen-bond donors (Lipinski definition) is 5. The molecule has 14 heteroatoms. The van der Waals surface area contributed by atoms with E-state index in [2.05, 4.69) is 41.5 Å². The van der Waals surface area contributed by atoms with E-state index in [1.807, 2.05) is 43.1 Å². The molecule has 1 aliphatic heterocycles. The normalized spacial score (nSPS) is 15.6. The number of nitrogens with zero attached hydrogens (tertiary/aromatic N) is 5. The van der Waals surface area contributed by atoms with E-state index in [-0.39, 0.29) is 42.0 Å². The highest BCUT2D eigenvalue weighted by Crippen LogP contribution is 2.33. The van der Waals surface area contributed by atoms with Gasteiger partial charge >= 0.3 is 0 Å². The van der Waals surface area contributed by atoms with E-state index in [0.29, 0.717) is 30.8 Å². The Bertz CT molecular complexity index is 1640. The van der Waals surface area contributed by atoms with Crippen molar-refractivity contribution in [3.8, 4) is 17.1 Å². The Kier molecular flexibility index (Phi) is 10.2. The number of nitrogens with one attached hydrogen (secondary N) is 3. The Morgan fingerprint density at radius 2 is 2.16 bits per heavy atom. The quantitative estimate of drug-likeness (QED) is 0.103. The zero-order chi connectivity index (χ0) is 30.9. The molecule has 0 bridgehead atoms. The molecular weight excluding hydrogens is 552 g/mol. The molecule has 7 N–H and O–H groups in total. The average molecular weight is 589 g/mol. The van der Waals surface area contributed by atoms with E-state index < -0.39 is 0 Å². The summed E-state index contributed by atoms with van der Waals surface area (Å²) in [7, 11) is 3.30. The number of carbonyl (C=O) groups excluding carboxylic acids is 2. The van der Waals surface area contributed by atoms with Gasteiger partial charge in [0.25, 0.3) is 11.8 Å². The first-order valence-electron chi connectivity index (χ1n) is 13.7. The number of aromatic amines is 1. The maximum atomic E-state index is 13.0. The van der Waals surface area contributed by atoms with Gasteiger partial charge in [-0.1, -0.05) is 12.1 Å². The summed E-state index contributed by atoms with van der Waals surface area (Å²) in [6.45, 7) is 5.27. The first-order chi connectivity index (χ1) is 20.8. The maximum Gasteiger partial charge on any atom is 0.255 e. The molecule has 1 saturated heterocycles. The van der Waals surface area contributed by atoms with Gasteiger partial charge in [0.05, 0.1) is 29.5 Å². The van der Waals surface area contributed by atoms with E-state index in [9.17, 15) is 9.59 Å². The number of ether oxygens (including phenoxy) is 1. The molecule has 1 aromatic carbocycles. The van der Waals surface area contributed by atoms with Crippen molar-refractivity contribution in [2.75, 3.05) is 39.0 Å². The molecule has 1 unspecified atom stereocenters. The average Bonchev–Trinajstić information content (AvgIpc) is 3.76. The molecule has 5 rings (SSSR count). The van der Waals surface area contributed by atoms with Gasteiger partial charge in [0, 0.05) is 49.2 Å². The van der Waals surface area contributed by atoms with Gasteiger partial charge in [0.2, 0.25) is 11.7 Å². The van der Waals surface area contributed by atoms with Gasteiger partial charge < -0.3 is 36.3 Å². The number of amides is 1. The molecule has 4 heterocycles. The number of carbonyl (C=O) groups is 2. The van der Waals surface area contributed by atoms with Crippen molar-refractivity contribution < 1.29 is 18.8 Å². The molecule has 43 heavy (non-hydrogen) atoms. The van der Waals surface area contributed by atoms with Crippen molar-refractivity contribution in [2.45, 2.75) is 26.4 Å². The lowest BCUT2D eigenvalue weighted by atomic mass is 10.1. The molecule has 4 aromatic rings. The van der Waals surface area contributed by atoms with Crippen molar-refractivity contribution in [1.82, 2.24) is 30.3 Å². The minimum Gasteiger partial charge on any atom is -0.471 e. The summed E-state index contributed by atoms with van der Waals surface area (Å²) in [4.78, 5) is 42.3. The second-order valence-corrected chi connectivity index (χ2v) is 9.74. The molecule has 1 fully saturated rings. The summed E-state index contributed by atoms with van der Waals surface area (Å²) < 4.78 is 10.6. The molecule has 14 nitrogen and oxygen atoms in total. The lowest BCUT2D eigenvalue weighted by Crippen LogP contribution is -2.33. The number of aryl methyl sites for hydroxylation is 1. The highest BCUT2D eigenvalue weighted by molar-refractivity contribution is 6.06. The Balaban J connectivity index is 0.00000207. The number of allylic oxidation sites excluding steroid dienone is 1. The van der Waals surface area contributed by atoms with Gasteiger partial charge in [-0.05, 0) is 50.2 Å². The van der Waals surface area contributed by atoms with Crippen LogP contribution in [0, 0.1) is 6.92 Å². The highest BCUT2D eigenvalue weighted by atomic mass is 16.5. The SMILES string of the molecule is CN.CN/C(C)=C\C(N)=N/c1ncc(C)c(-c2c[nH]c3c(NC(=O)CN4CCC(Oc5cc(C=O)on5)C4)cccc23)n1. The molecule has 0 aliphatic carbocycles. The van der Waals surface area contributed by atoms with E-state index in [1.54, 1.807) is 19.3 Å². The summed E-state index contributed by atoms with van der Waals surface area (Å²) >= 11 is 0. The van der Waals surface area contributed by atoms with Crippen molar-refractivity contribution in [1.29, 1.82) is 0 Å². The van der Waals surface area contributed by atoms with E-state index in [0.717, 1.165) is 34.1 Å².